The molecule has 1 atom stereocenters. The molecule has 0 aromatic heterocycles. The van der Waals surface area contributed by atoms with E-state index in [-0.39, 0.29) is 17.8 Å². The number of rotatable bonds is 4. The third-order valence-corrected chi connectivity index (χ3v) is 4.93. The lowest BCUT2D eigenvalue weighted by molar-refractivity contribution is -0.130. The maximum atomic E-state index is 11.8. The fraction of sp³-hybridized carbons (Fsp3) is 0.316. The summed E-state index contributed by atoms with van der Waals surface area (Å²) in [6, 6.07) is 18.6. The maximum absolute atomic E-state index is 11.8. The molecule has 5 heteroatoms. The third kappa shape index (κ3) is 3.92. The van der Waals surface area contributed by atoms with Gasteiger partial charge < -0.3 is 4.90 Å². The first kappa shape index (κ1) is 17.3. The molecule has 1 unspecified atom stereocenters. The second-order valence-corrected chi connectivity index (χ2v) is 6.62. The lowest BCUT2D eigenvalue weighted by Gasteiger charge is -2.39. The van der Waals surface area contributed by atoms with Crippen LogP contribution in [0, 0.1) is 0 Å². The van der Waals surface area contributed by atoms with E-state index in [4.69, 9.17) is 23.2 Å². The predicted molar refractivity (Wildman–Crippen MR) is 98.6 cm³/mol. The van der Waals surface area contributed by atoms with Gasteiger partial charge in [0.2, 0.25) is 5.91 Å². The molecule has 0 radical (unpaired) electrons. The molecule has 1 aliphatic rings. The molecule has 0 aliphatic carbocycles. The van der Waals surface area contributed by atoms with Gasteiger partial charge in [-0.3, -0.25) is 9.69 Å². The Morgan fingerprint density at radius 3 is 2.08 bits per heavy atom. The van der Waals surface area contributed by atoms with Crippen molar-refractivity contribution < 1.29 is 4.79 Å². The smallest absolute Gasteiger partial charge is 0.237 e. The summed E-state index contributed by atoms with van der Waals surface area (Å²) in [5.41, 5.74) is 2.46. The van der Waals surface area contributed by atoms with Crippen molar-refractivity contribution in [1.29, 1.82) is 0 Å². The number of nitrogens with zero attached hydrogens (tertiary/aromatic N) is 2. The van der Waals surface area contributed by atoms with E-state index in [0.717, 1.165) is 18.1 Å². The number of carbonyl (C=O) groups excluding carboxylic acids is 1. The first-order valence-corrected chi connectivity index (χ1v) is 8.98. The van der Waals surface area contributed by atoms with Gasteiger partial charge in [-0.25, -0.2) is 0 Å². The highest BCUT2D eigenvalue weighted by atomic mass is 35.5. The Bertz CT molecular complexity index is 668. The SMILES string of the molecule is O=C(CCl)N1CCN(C(c2ccccc2)c2ccc(Cl)cc2)CC1. The van der Waals surface area contributed by atoms with Crippen LogP contribution in [0.5, 0.6) is 0 Å². The van der Waals surface area contributed by atoms with Gasteiger partial charge in [0.1, 0.15) is 5.88 Å². The molecular weight excluding hydrogens is 343 g/mol. The van der Waals surface area contributed by atoms with Crippen molar-refractivity contribution >= 4 is 29.1 Å². The van der Waals surface area contributed by atoms with Crippen LogP contribution < -0.4 is 0 Å². The van der Waals surface area contributed by atoms with E-state index >= 15 is 0 Å². The van der Waals surface area contributed by atoms with Crippen molar-refractivity contribution in [1.82, 2.24) is 9.80 Å². The van der Waals surface area contributed by atoms with Crippen molar-refractivity contribution in [2.75, 3.05) is 32.1 Å². The van der Waals surface area contributed by atoms with E-state index in [2.05, 4.69) is 41.3 Å². The lowest BCUT2D eigenvalue weighted by atomic mass is 9.96. The number of alkyl halides is 1. The Hall–Kier alpha value is -1.55. The summed E-state index contributed by atoms with van der Waals surface area (Å²) >= 11 is 11.7. The summed E-state index contributed by atoms with van der Waals surface area (Å²) in [5, 5.41) is 0.739. The summed E-state index contributed by atoms with van der Waals surface area (Å²) in [4.78, 5) is 16.0. The Balaban J connectivity index is 1.84. The van der Waals surface area contributed by atoms with Crippen LogP contribution in [0.3, 0.4) is 0 Å². The van der Waals surface area contributed by atoms with Crippen LogP contribution in [0.4, 0.5) is 0 Å². The largest absolute Gasteiger partial charge is 0.339 e. The summed E-state index contributed by atoms with van der Waals surface area (Å²) in [6.45, 7) is 3.07. The van der Waals surface area contributed by atoms with Crippen LogP contribution in [0.25, 0.3) is 0 Å². The molecule has 1 heterocycles. The van der Waals surface area contributed by atoms with Gasteiger partial charge >= 0.3 is 0 Å². The van der Waals surface area contributed by atoms with Crippen LogP contribution in [0.15, 0.2) is 54.6 Å². The molecule has 3 rings (SSSR count). The highest BCUT2D eigenvalue weighted by molar-refractivity contribution is 6.30. The Morgan fingerprint density at radius 2 is 1.50 bits per heavy atom. The van der Waals surface area contributed by atoms with Crippen molar-refractivity contribution in [2.24, 2.45) is 0 Å². The summed E-state index contributed by atoms with van der Waals surface area (Å²) in [7, 11) is 0. The number of hydrogen-bond acceptors (Lipinski definition) is 2. The van der Waals surface area contributed by atoms with Crippen LogP contribution in [0.2, 0.25) is 5.02 Å². The molecule has 126 valence electrons. The van der Waals surface area contributed by atoms with E-state index in [1.165, 1.54) is 11.1 Å². The minimum Gasteiger partial charge on any atom is -0.339 e. The molecule has 24 heavy (non-hydrogen) atoms. The Labute approximate surface area is 152 Å². The number of hydrogen-bond donors (Lipinski definition) is 0. The van der Waals surface area contributed by atoms with Gasteiger partial charge in [-0.15, -0.1) is 11.6 Å². The number of amides is 1. The maximum Gasteiger partial charge on any atom is 0.237 e. The first-order chi connectivity index (χ1) is 11.7. The Kier molecular flexibility index (Phi) is 5.77. The van der Waals surface area contributed by atoms with Gasteiger partial charge in [0.05, 0.1) is 6.04 Å². The third-order valence-electron chi connectivity index (χ3n) is 4.45. The van der Waals surface area contributed by atoms with Crippen molar-refractivity contribution in [3.63, 3.8) is 0 Å². The standard InChI is InChI=1S/C19H20Cl2N2O/c20-14-18(24)22-10-12-23(13-11-22)19(15-4-2-1-3-5-15)16-6-8-17(21)9-7-16/h1-9,19H,10-14H2. The molecule has 1 aliphatic heterocycles. The van der Waals surface area contributed by atoms with Crippen LogP contribution in [0.1, 0.15) is 17.2 Å². The molecule has 1 fully saturated rings. The summed E-state index contributed by atoms with van der Waals surface area (Å²) in [6.07, 6.45) is 0. The van der Waals surface area contributed by atoms with Crippen LogP contribution >= 0.6 is 23.2 Å². The molecule has 0 saturated carbocycles. The minimum absolute atomic E-state index is 0.0130. The molecular formula is C19H20Cl2N2O. The molecule has 0 spiro atoms. The molecule has 0 N–H and O–H groups in total. The van der Waals surface area contributed by atoms with Crippen molar-refractivity contribution in [2.45, 2.75) is 6.04 Å². The summed E-state index contributed by atoms with van der Waals surface area (Å²) in [5.74, 6) is 0.0679. The minimum atomic E-state index is 0.0130. The quantitative estimate of drug-likeness (QED) is 0.772. The topological polar surface area (TPSA) is 23.6 Å². The second kappa shape index (κ2) is 8.02. The van der Waals surface area contributed by atoms with Gasteiger partial charge in [-0.05, 0) is 23.3 Å². The number of piperazine rings is 1. The van der Waals surface area contributed by atoms with E-state index in [0.29, 0.717) is 13.1 Å². The summed E-state index contributed by atoms with van der Waals surface area (Å²) < 4.78 is 0. The second-order valence-electron chi connectivity index (χ2n) is 5.92. The van der Waals surface area contributed by atoms with Gasteiger partial charge in [-0.2, -0.15) is 0 Å². The Morgan fingerprint density at radius 1 is 0.917 bits per heavy atom. The molecule has 2 aromatic carbocycles. The van der Waals surface area contributed by atoms with Gasteiger partial charge in [-0.1, -0.05) is 54.1 Å². The first-order valence-electron chi connectivity index (χ1n) is 8.07. The molecule has 0 bridgehead atoms. The zero-order valence-corrected chi connectivity index (χ0v) is 14.9. The zero-order chi connectivity index (χ0) is 16.9. The van der Waals surface area contributed by atoms with Gasteiger partial charge in [0.25, 0.3) is 0 Å². The highest BCUT2D eigenvalue weighted by Gasteiger charge is 2.27. The van der Waals surface area contributed by atoms with Gasteiger partial charge in [0, 0.05) is 31.2 Å². The zero-order valence-electron chi connectivity index (χ0n) is 13.4. The van der Waals surface area contributed by atoms with Gasteiger partial charge in [0.15, 0.2) is 0 Å². The average Bonchev–Trinajstić information content (AvgIpc) is 2.64. The molecule has 2 aromatic rings. The van der Waals surface area contributed by atoms with E-state index in [1.807, 2.05) is 23.1 Å². The van der Waals surface area contributed by atoms with Crippen molar-refractivity contribution in [3.8, 4) is 0 Å². The van der Waals surface area contributed by atoms with Crippen molar-refractivity contribution in [3.05, 3.63) is 70.7 Å². The highest BCUT2D eigenvalue weighted by Crippen LogP contribution is 2.30. The number of benzene rings is 2. The van der Waals surface area contributed by atoms with Crippen LogP contribution in [-0.2, 0) is 4.79 Å². The van der Waals surface area contributed by atoms with E-state index in [9.17, 15) is 4.79 Å². The lowest BCUT2D eigenvalue weighted by Crippen LogP contribution is -2.50. The fourth-order valence-corrected chi connectivity index (χ4v) is 3.50. The average molecular weight is 363 g/mol. The fourth-order valence-electron chi connectivity index (χ4n) is 3.21. The van der Waals surface area contributed by atoms with E-state index in [1.54, 1.807) is 0 Å². The molecule has 1 amide bonds. The van der Waals surface area contributed by atoms with E-state index < -0.39 is 0 Å². The molecule has 1 saturated heterocycles. The molecule has 3 nitrogen and oxygen atoms in total. The monoisotopic (exact) mass is 362 g/mol. The number of carbonyl (C=O) groups is 1. The normalized spacial score (nSPS) is 16.8. The van der Waals surface area contributed by atoms with Crippen LogP contribution in [-0.4, -0.2) is 47.8 Å². The predicted octanol–water partition coefficient (Wildman–Crippen LogP) is 3.81. The number of halogens is 2.